The van der Waals surface area contributed by atoms with Crippen molar-refractivity contribution in [3.05, 3.63) is 52.6 Å². The number of esters is 3. The minimum Gasteiger partial charge on any atom is -0.462 e. The van der Waals surface area contributed by atoms with Crippen LogP contribution in [-0.2, 0) is 38.7 Å². The van der Waals surface area contributed by atoms with Crippen LogP contribution in [0.1, 0.15) is 19.4 Å². The van der Waals surface area contributed by atoms with Crippen LogP contribution in [0.2, 0.25) is 0 Å². The molecule has 160 valence electrons. The van der Waals surface area contributed by atoms with Gasteiger partial charge in [0, 0.05) is 25.4 Å². The van der Waals surface area contributed by atoms with E-state index in [2.05, 4.69) is 0 Å². The molecule has 1 spiro atoms. The van der Waals surface area contributed by atoms with Crippen LogP contribution in [0.5, 0.6) is 0 Å². The number of methoxy groups -OCH3 is 1. The van der Waals surface area contributed by atoms with Gasteiger partial charge in [0.15, 0.2) is 5.41 Å². The lowest BCUT2D eigenvalue weighted by Crippen LogP contribution is -2.50. The standard InChI is InChI=1S/C21H24N2O7/c1-5-28-19(25)16-17(22)23(3)14-9-7-6-8-13(14)21(16)15(12(2)30-20(21)26)18(24)29-11-10-27-4/h6-9H,5,10-11,22H2,1-4H3. The third kappa shape index (κ3) is 3.02. The van der Waals surface area contributed by atoms with Crippen LogP contribution < -0.4 is 10.6 Å². The summed E-state index contributed by atoms with van der Waals surface area (Å²) in [5.41, 5.74) is 5.08. The Bertz CT molecular complexity index is 966. The lowest BCUT2D eigenvalue weighted by atomic mass is 9.66. The number of hydrogen-bond donors (Lipinski definition) is 1. The summed E-state index contributed by atoms with van der Waals surface area (Å²) in [5.74, 6) is -2.41. The van der Waals surface area contributed by atoms with E-state index in [1.807, 2.05) is 0 Å². The maximum Gasteiger partial charge on any atom is 0.339 e. The van der Waals surface area contributed by atoms with Crippen molar-refractivity contribution in [2.45, 2.75) is 19.3 Å². The molecule has 0 saturated heterocycles. The first-order valence-corrected chi connectivity index (χ1v) is 9.42. The monoisotopic (exact) mass is 416 g/mol. The molecule has 3 rings (SSSR count). The van der Waals surface area contributed by atoms with Crippen molar-refractivity contribution in [3.8, 4) is 0 Å². The molecule has 0 bridgehead atoms. The van der Waals surface area contributed by atoms with Crippen LogP contribution in [0.25, 0.3) is 0 Å². The highest BCUT2D eigenvalue weighted by atomic mass is 16.6. The lowest BCUT2D eigenvalue weighted by Gasteiger charge is -2.39. The number of nitrogens with zero attached hydrogens (tertiary/aromatic N) is 1. The smallest absolute Gasteiger partial charge is 0.339 e. The van der Waals surface area contributed by atoms with Crippen molar-refractivity contribution in [2.24, 2.45) is 5.73 Å². The Morgan fingerprint density at radius 3 is 2.47 bits per heavy atom. The first-order valence-electron chi connectivity index (χ1n) is 9.42. The predicted octanol–water partition coefficient (Wildman–Crippen LogP) is 1.13. The first-order chi connectivity index (χ1) is 14.3. The summed E-state index contributed by atoms with van der Waals surface area (Å²) >= 11 is 0. The van der Waals surface area contributed by atoms with Crippen LogP contribution in [0.15, 0.2) is 47.0 Å². The molecule has 0 amide bonds. The molecule has 2 aliphatic heterocycles. The van der Waals surface area contributed by atoms with Gasteiger partial charge < -0.3 is 29.6 Å². The van der Waals surface area contributed by atoms with E-state index in [4.69, 9.17) is 24.7 Å². The number of hydrogen-bond acceptors (Lipinski definition) is 9. The maximum absolute atomic E-state index is 13.3. The van der Waals surface area contributed by atoms with Gasteiger partial charge in [0.2, 0.25) is 0 Å². The Morgan fingerprint density at radius 1 is 1.13 bits per heavy atom. The molecule has 9 nitrogen and oxygen atoms in total. The minimum absolute atomic E-state index is 0.0130. The lowest BCUT2D eigenvalue weighted by molar-refractivity contribution is -0.147. The number of para-hydroxylation sites is 1. The molecule has 0 saturated carbocycles. The number of ether oxygens (including phenoxy) is 4. The van der Waals surface area contributed by atoms with Gasteiger partial charge in [0.25, 0.3) is 0 Å². The first kappa shape index (κ1) is 21.4. The third-order valence-corrected chi connectivity index (χ3v) is 5.15. The van der Waals surface area contributed by atoms with Crippen LogP contribution >= 0.6 is 0 Å². The molecule has 2 heterocycles. The van der Waals surface area contributed by atoms with Gasteiger partial charge in [0.05, 0.1) is 13.2 Å². The summed E-state index contributed by atoms with van der Waals surface area (Å²) in [4.78, 5) is 41.0. The zero-order valence-electron chi connectivity index (χ0n) is 17.3. The van der Waals surface area contributed by atoms with Crippen molar-refractivity contribution in [1.82, 2.24) is 0 Å². The average molecular weight is 416 g/mol. The molecule has 2 aliphatic rings. The van der Waals surface area contributed by atoms with E-state index in [0.29, 0.717) is 11.3 Å². The van der Waals surface area contributed by atoms with Crippen molar-refractivity contribution < 1.29 is 33.3 Å². The second kappa shape index (κ2) is 8.19. The van der Waals surface area contributed by atoms with Gasteiger partial charge in [-0.05, 0) is 19.9 Å². The Labute approximate surface area is 174 Å². The summed E-state index contributed by atoms with van der Waals surface area (Å²) in [7, 11) is 3.13. The summed E-state index contributed by atoms with van der Waals surface area (Å²) < 4.78 is 20.8. The highest BCUT2D eigenvalue weighted by Gasteiger charge is 2.63. The highest BCUT2D eigenvalue weighted by molar-refractivity contribution is 6.16. The SMILES string of the molecule is CCOC(=O)C1=C(N)N(C)c2ccccc2C12C(=O)OC(C)=C2C(=O)OCCOC. The van der Waals surface area contributed by atoms with E-state index in [1.54, 1.807) is 43.1 Å². The summed E-state index contributed by atoms with van der Waals surface area (Å²) in [6.07, 6.45) is 0. The summed E-state index contributed by atoms with van der Waals surface area (Å²) in [5, 5.41) is 0. The van der Waals surface area contributed by atoms with E-state index in [9.17, 15) is 14.4 Å². The normalized spacial score (nSPS) is 20.4. The molecule has 30 heavy (non-hydrogen) atoms. The number of anilines is 1. The van der Waals surface area contributed by atoms with Gasteiger partial charge in [-0.1, -0.05) is 18.2 Å². The van der Waals surface area contributed by atoms with Crippen LogP contribution in [0, 0.1) is 0 Å². The molecule has 1 unspecified atom stereocenters. The second-order valence-electron chi connectivity index (χ2n) is 6.76. The molecule has 0 aromatic heterocycles. The van der Waals surface area contributed by atoms with Crippen LogP contribution in [0.4, 0.5) is 5.69 Å². The zero-order chi connectivity index (χ0) is 22.1. The van der Waals surface area contributed by atoms with E-state index in [0.717, 1.165) is 0 Å². The number of allylic oxidation sites excluding steroid dienone is 1. The second-order valence-corrected chi connectivity index (χ2v) is 6.76. The summed E-state index contributed by atoms with van der Waals surface area (Å²) in [6, 6.07) is 6.85. The number of nitrogens with two attached hydrogens (primary N) is 1. The molecule has 9 heteroatoms. The predicted molar refractivity (Wildman–Crippen MR) is 106 cm³/mol. The van der Waals surface area contributed by atoms with Gasteiger partial charge in [-0.3, -0.25) is 0 Å². The number of carbonyl (C=O) groups excluding carboxylic acids is 3. The fourth-order valence-electron chi connectivity index (χ4n) is 3.86. The molecule has 0 radical (unpaired) electrons. The van der Waals surface area contributed by atoms with Crippen molar-refractivity contribution >= 4 is 23.6 Å². The maximum atomic E-state index is 13.3. The third-order valence-electron chi connectivity index (χ3n) is 5.15. The number of benzene rings is 1. The molecule has 1 aromatic rings. The number of cyclic esters (lactones) is 1. The largest absolute Gasteiger partial charge is 0.462 e. The Balaban J connectivity index is 2.31. The van der Waals surface area contributed by atoms with Gasteiger partial charge in [0.1, 0.15) is 29.3 Å². The van der Waals surface area contributed by atoms with E-state index in [-0.39, 0.29) is 42.5 Å². The minimum atomic E-state index is -1.90. The average Bonchev–Trinajstić information content (AvgIpc) is 2.97. The topological polar surface area (TPSA) is 117 Å². The molecule has 0 fully saturated rings. The van der Waals surface area contributed by atoms with E-state index < -0.39 is 23.3 Å². The van der Waals surface area contributed by atoms with Gasteiger partial charge in [-0.2, -0.15) is 0 Å². The molecular weight excluding hydrogens is 392 g/mol. The van der Waals surface area contributed by atoms with Crippen LogP contribution in [-0.4, -0.2) is 51.9 Å². The van der Waals surface area contributed by atoms with Crippen molar-refractivity contribution in [1.29, 1.82) is 0 Å². The molecule has 0 aliphatic carbocycles. The Hall–Kier alpha value is -3.33. The Morgan fingerprint density at radius 2 is 1.80 bits per heavy atom. The van der Waals surface area contributed by atoms with Crippen molar-refractivity contribution in [3.63, 3.8) is 0 Å². The van der Waals surface area contributed by atoms with E-state index in [1.165, 1.54) is 14.0 Å². The van der Waals surface area contributed by atoms with Gasteiger partial charge in [-0.15, -0.1) is 0 Å². The molecule has 2 N–H and O–H groups in total. The number of rotatable bonds is 6. The van der Waals surface area contributed by atoms with Crippen molar-refractivity contribution in [2.75, 3.05) is 38.9 Å². The molecule has 1 aromatic carbocycles. The zero-order valence-corrected chi connectivity index (χ0v) is 17.3. The van der Waals surface area contributed by atoms with Crippen LogP contribution in [0.3, 0.4) is 0 Å². The molecule has 1 atom stereocenters. The number of fused-ring (bicyclic) bond motifs is 2. The highest BCUT2D eigenvalue weighted by Crippen LogP contribution is 2.53. The Kier molecular flexibility index (Phi) is 5.84. The van der Waals surface area contributed by atoms with Gasteiger partial charge >= 0.3 is 17.9 Å². The molecular formula is C21H24N2O7. The summed E-state index contributed by atoms with van der Waals surface area (Å²) in [6.45, 7) is 3.30. The van der Waals surface area contributed by atoms with Gasteiger partial charge in [-0.25, -0.2) is 14.4 Å². The van der Waals surface area contributed by atoms with E-state index >= 15 is 0 Å². The fourth-order valence-corrected chi connectivity index (χ4v) is 3.86. The quantitative estimate of drug-likeness (QED) is 0.414. The number of carbonyl (C=O) groups is 3. The fraction of sp³-hybridized carbons (Fsp3) is 0.381.